The van der Waals surface area contributed by atoms with Crippen molar-refractivity contribution < 1.29 is 18.0 Å². The van der Waals surface area contributed by atoms with Gasteiger partial charge in [-0.05, 0) is 30.0 Å². The number of nitrogens with one attached hydrogen (secondary N) is 1. The first-order chi connectivity index (χ1) is 11.2. The molecule has 1 aliphatic rings. The van der Waals surface area contributed by atoms with Gasteiger partial charge in [0.1, 0.15) is 0 Å². The van der Waals surface area contributed by atoms with Gasteiger partial charge < -0.3 is 11.1 Å². The molecular formula is C17H24F3N3O. The molecule has 1 heterocycles. The zero-order chi connectivity index (χ0) is 17.9. The molecule has 0 bridgehead atoms. The molecule has 0 spiro atoms. The Bertz CT molecular complexity index is 557. The maximum Gasteiger partial charge on any atom is 0.416 e. The fourth-order valence-corrected chi connectivity index (χ4v) is 2.75. The Kier molecular flexibility index (Phi) is 5.87. The molecule has 1 amide bonds. The summed E-state index contributed by atoms with van der Waals surface area (Å²) < 4.78 is 37.7. The van der Waals surface area contributed by atoms with E-state index in [0.717, 1.165) is 30.7 Å². The van der Waals surface area contributed by atoms with Gasteiger partial charge in [0.05, 0.1) is 11.6 Å². The van der Waals surface area contributed by atoms with Crippen LogP contribution in [-0.2, 0) is 17.5 Å². The van der Waals surface area contributed by atoms with Gasteiger partial charge in [-0.25, -0.2) is 0 Å². The smallest absolute Gasteiger partial charge is 0.351 e. The van der Waals surface area contributed by atoms with E-state index in [1.807, 2.05) is 13.8 Å². The molecule has 7 heteroatoms. The third kappa shape index (κ3) is 4.95. The number of alkyl halides is 3. The molecule has 1 fully saturated rings. The van der Waals surface area contributed by atoms with Crippen LogP contribution in [0, 0.1) is 5.92 Å². The topological polar surface area (TPSA) is 58.4 Å². The highest BCUT2D eigenvalue weighted by Crippen LogP contribution is 2.29. The molecule has 1 aromatic carbocycles. The van der Waals surface area contributed by atoms with Crippen LogP contribution in [0.15, 0.2) is 24.3 Å². The molecule has 3 N–H and O–H groups in total. The van der Waals surface area contributed by atoms with Crippen LogP contribution in [0.1, 0.15) is 31.4 Å². The highest BCUT2D eigenvalue weighted by Gasteiger charge is 2.30. The average Bonchev–Trinajstić information content (AvgIpc) is 2.93. The number of nitrogens with zero attached hydrogens (tertiary/aromatic N) is 1. The van der Waals surface area contributed by atoms with Crippen molar-refractivity contribution >= 4 is 5.91 Å². The first-order valence-electron chi connectivity index (χ1n) is 8.11. The molecule has 0 saturated carbocycles. The zero-order valence-electron chi connectivity index (χ0n) is 13.9. The maximum atomic E-state index is 12.6. The second-order valence-electron chi connectivity index (χ2n) is 6.69. The predicted molar refractivity (Wildman–Crippen MR) is 86.1 cm³/mol. The van der Waals surface area contributed by atoms with Gasteiger partial charge in [-0.1, -0.05) is 26.0 Å². The van der Waals surface area contributed by atoms with E-state index >= 15 is 0 Å². The van der Waals surface area contributed by atoms with Gasteiger partial charge >= 0.3 is 6.18 Å². The normalized spacial score (nSPS) is 20.4. The number of rotatable bonds is 5. The van der Waals surface area contributed by atoms with Crippen molar-refractivity contribution in [3.05, 3.63) is 35.4 Å². The monoisotopic (exact) mass is 343 g/mol. The second kappa shape index (κ2) is 7.53. The molecule has 2 rings (SSSR count). The van der Waals surface area contributed by atoms with E-state index in [0.29, 0.717) is 13.1 Å². The summed E-state index contributed by atoms with van der Waals surface area (Å²) in [6.07, 6.45) is -3.49. The molecule has 24 heavy (non-hydrogen) atoms. The SMILES string of the molecule is CC(C)[C@H](N)C(=O)NC1CCN(Cc2ccc(C(F)(F)F)cc2)C1. The third-order valence-electron chi connectivity index (χ3n) is 4.33. The zero-order valence-corrected chi connectivity index (χ0v) is 13.9. The summed E-state index contributed by atoms with van der Waals surface area (Å²) in [5.74, 6) is -0.0685. The Balaban J connectivity index is 1.85. The van der Waals surface area contributed by atoms with Crippen LogP contribution in [0.5, 0.6) is 0 Å². The van der Waals surface area contributed by atoms with Crippen molar-refractivity contribution in [2.45, 2.75) is 45.1 Å². The van der Waals surface area contributed by atoms with E-state index in [9.17, 15) is 18.0 Å². The second-order valence-corrected chi connectivity index (χ2v) is 6.69. The van der Waals surface area contributed by atoms with E-state index in [2.05, 4.69) is 10.2 Å². The van der Waals surface area contributed by atoms with Gasteiger partial charge in [-0.15, -0.1) is 0 Å². The lowest BCUT2D eigenvalue weighted by Gasteiger charge is -2.20. The molecule has 1 aliphatic heterocycles. The van der Waals surface area contributed by atoms with Crippen LogP contribution < -0.4 is 11.1 Å². The highest BCUT2D eigenvalue weighted by molar-refractivity contribution is 5.82. The Morgan fingerprint density at radius 3 is 2.50 bits per heavy atom. The van der Waals surface area contributed by atoms with Crippen molar-refractivity contribution in [1.82, 2.24) is 10.2 Å². The lowest BCUT2D eigenvalue weighted by atomic mass is 10.0. The van der Waals surface area contributed by atoms with Gasteiger partial charge in [0.2, 0.25) is 5.91 Å². The van der Waals surface area contributed by atoms with Crippen LogP contribution >= 0.6 is 0 Å². The van der Waals surface area contributed by atoms with Crippen LogP contribution in [0.2, 0.25) is 0 Å². The Hall–Kier alpha value is -1.60. The quantitative estimate of drug-likeness (QED) is 0.863. The van der Waals surface area contributed by atoms with E-state index in [1.54, 1.807) is 0 Å². The van der Waals surface area contributed by atoms with E-state index in [1.165, 1.54) is 12.1 Å². The van der Waals surface area contributed by atoms with Crippen LogP contribution in [0.25, 0.3) is 0 Å². The Morgan fingerprint density at radius 1 is 1.33 bits per heavy atom. The first-order valence-corrected chi connectivity index (χ1v) is 8.11. The number of carbonyl (C=O) groups is 1. The van der Waals surface area contributed by atoms with Crippen molar-refractivity contribution in [3.8, 4) is 0 Å². The van der Waals surface area contributed by atoms with Gasteiger partial charge in [-0.2, -0.15) is 13.2 Å². The summed E-state index contributed by atoms with van der Waals surface area (Å²) in [6, 6.07) is 4.73. The highest BCUT2D eigenvalue weighted by atomic mass is 19.4. The van der Waals surface area contributed by atoms with Crippen LogP contribution in [-0.4, -0.2) is 36.0 Å². The van der Waals surface area contributed by atoms with Gasteiger partial charge in [-0.3, -0.25) is 9.69 Å². The molecule has 0 aromatic heterocycles. The molecule has 4 nitrogen and oxygen atoms in total. The average molecular weight is 343 g/mol. The molecule has 1 saturated heterocycles. The summed E-state index contributed by atoms with van der Waals surface area (Å²) in [5.41, 5.74) is 6.02. The lowest BCUT2D eigenvalue weighted by Crippen LogP contribution is -2.48. The van der Waals surface area contributed by atoms with Gasteiger partial charge in [0.15, 0.2) is 0 Å². The lowest BCUT2D eigenvalue weighted by molar-refractivity contribution is -0.137. The molecular weight excluding hydrogens is 319 g/mol. The van der Waals surface area contributed by atoms with Crippen molar-refractivity contribution in [1.29, 1.82) is 0 Å². The summed E-state index contributed by atoms with van der Waals surface area (Å²) in [6.45, 7) is 5.84. The molecule has 0 radical (unpaired) electrons. The molecule has 0 aliphatic carbocycles. The Labute approximate surface area is 140 Å². The van der Waals surface area contributed by atoms with E-state index in [4.69, 9.17) is 5.73 Å². The number of carbonyl (C=O) groups excluding carboxylic acids is 1. The number of nitrogens with two attached hydrogens (primary N) is 1. The summed E-state index contributed by atoms with van der Waals surface area (Å²) in [7, 11) is 0. The minimum absolute atomic E-state index is 0.0387. The maximum absolute atomic E-state index is 12.6. The van der Waals surface area contributed by atoms with Crippen molar-refractivity contribution in [2.75, 3.05) is 13.1 Å². The van der Waals surface area contributed by atoms with E-state index in [-0.39, 0.29) is 17.9 Å². The molecule has 1 aromatic rings. The Morgan fingerprint density at radius 2 is 1.96 bits per heavy atom. The summed E-state index contributed by atoms with van der Waals surface area (Å²) >= 11 is 0. The predicted octanol–water partition coefficient (Wildman–Crippen LogP) is 2.38. The van der Waals surface area contributed by atoms with Crippen molar-refractivity contribution in [3.63, 3.8) is 0 Å². The number of halogens is 3. The molecule has 1 unspecified atom stereocenters. The van der Waals surface area contributed by atoms with E-state index < -0.39 is 17.8 Å². The third-order valence-corrected chi connectivity index (χ3v) is 4.33. The standard InChI is InChI=1S/C17H24F3N3O/c1-11(2)15(21)16(24)22-14-7-8-23(10-14)9-12-3-5-13(6-4-12)17(18,19)20/h3-6,11,14-15H,7-10,21H2,1-2H3,(H,22,24)/t14?,15-/m0/s1. The van der Waals surface area contributed by atoms with Crippen LogP contribution in [0.4, 0.5) is 13.2 Å². The van der Waals surface area contributed by atoms with Gasteiger partial charge in [0, 0.05) is 25.7 Å². The number of benzene rings is 1. The molecule has 2 atom stereocenters. The van der Waals surface area contributed by atoms with Crippen molar-refractivity contribution in [2.24, 2.45) is 11.7 Å². The fraction of sp³-hybridized carbons (Fsp3) is 0.588. The minimum atomic E-state index is -4.31. The van der Waals surface area contributed by atoms with Crippen LogP contribution in [0.3, 0.4) is 0 Å². The largest absolute Gasteiger partial charge is 0.416 e. The number of hydrogen-bond donors (Lipinski definition) is 2. The number of hydrogen-bond acceptors (Lipinski definition) is 3. The first kappa shape index (κ1) is 18.7. The summed E-state index contributed by atoms with van der Waals surface area (Å²) in [4.78, 5) is 14.1. The number of likely N-dealkylation sites (tertiary alicyclic amines) is 1. The fourth-order valence-electron chi connectivity index (χ4n) is 2.75. The van der Waals surface area contributed by atoms with Gasteiger partial charge in [0.25, 0.3) is 0 Å². The molecule has 134 valence electrons. The minimum Gasteiger partial charge on any atom is -0.351 e. The number of amides is 1. The summed E-state index contributed by atoms with van der Waals surface area (Å²) in [5, 5.41) is 2.95.